The Hall–Kier alpha value is -1.43. The van der Waals surface area contributed by atoms with Crippen molar-refractivity contribution in [3.63, 3.8) is 0 Å². The van der Waals surface area contributed by atoms with E-state index in [1.807, 2.05) is 0 Å². The predicted molar refractivity (Wildman–Crippen MR) is 52.3 cm³/mol. The summed E-state index contributed by atoms with van der Waals surface area (Å²) in [6, 6.07) is 0.893. The zero-order chi connectivity index (χ0) is 12.3. The lowest BCUT2D eigenvalue weighted by Gasteiger charge is -2.10. The molecule has 0 radical (unpaired) electrons. The standard InChI is InChI=1S/C9H8ClF2NO3/c1-16-6-2-4(8(11)12)13-5(3-10)7(6)9(14)15/h2,8H,3H2,1H3,(H,14,15). The summed E-state index contributed by atoms with van der Waals surface area (Å²) in [4.78, 5) is 14.4. The number of nitrogens with zero attached hydrogens (tertiary/aromatic N) is 1. The molecular weight excluding hydrogens is 244 g/mol. The lowest BCUT2D eigenvalue weighted by atomic mass is 10.1. The SMILES string of the molecule is COc1cc(C(F)F)nc(CCl)c1C(=O)O. The lowest BCUT2D eigenvalue weighted by molar-refractivity contribution is 0.0690. The Bertz CT molecular complexity index is 387. The molecule has 0 saturated heterocycles. The van der Waals surface area contributed by atoms with Gasteiger partial charge in [0.1, 0.15) is 17.0 Å². The van der Waals surface area contributed by atoms with E-state index in [9.17, 15) is 13.6 Å². The molecule has 0 fully saturated rings. The highest BCUT2D eigenvalue weighted by Gasteiger charge is 2.21. The van der Waals surface area contributed by atoms with Gasteiger partial charge in [-0.05, 0) is 0 Å². The minimum Gasteiger partial charge on any atom is -0.496 e. The van der Waals surface area contributed by atoms with E-state index in [-0.39, 0.29) is 22.9 Å². The fraction of sp³-hybridized carbons (Fsp3) is 0.333. The molecule has 0 amide bonds. The predicted octanol–water partition coefficient (Wildman–Crippen LogP) is 2.46. The average Bonchev–Trinajstić information content (AvgIpc) is 2.26. The zero-order valence-corrected chi connectivity index (χ0v) is 8.96. The van der Waals surface area contributed by atoms with Crippen LogP contribution in [0.15, 0.2) is 6.07 Å². The number of carbonyl (C=O) groups is 1. The lowest BCUT2D eigenvalue weighted by Crippen LogP contribution is -2.09. The van der Waals surface area contributed by atoms with Crippen LogP contribution in [0.25, 0.3) is 0 Å². The molecule has 0 unspecified atom stereocenters. The maximum absolute atomic E-state index is 12.4. The number of carboxylic acids is 1. The highest BCUT2D eigenvalue weighted by atomic mass is 35.5. The first-order chi connectivity index (χ1) is 7.51. The third-order valence-corrected chi connectivity index (χ3v) is 2.12. The van der Waals surface area contributed by atoms with Crippen molar-refractivity contribution in [3.8, 4) is 5.75 Å². The molecule has 7 heteroatoms. The van der Waals surface area contributed by atoms with E-state index in [4.69, 9.17) is 21.4 Å². The number of ether oxygens (including phenoxy) is 1. The number of methoxy groups -OCH3 is 1. The van der Waals surface area contributed by atoms with Gasteiger partial charge in [0.05, 0.1) is 18.7 Å². The number of aromatic nitrogens is 1. The summed E-state index contributed by atoms with van der Waals surface area (Å²) in [6.45, 7) is 0. The van der Waals surface area contributed by atoms with Crippen LogP contribution < -0.4 is 4.74 Å². The molecule has 0 atom stereocenters. The normalized spacial score (nSPS) is 10.6. The van der Waals surface area contributed by atoms with E-state index in [1.165, 1.54) is 7.11 Å². The minimum absolute atomic E-state index is 0.135. The van der Waals surface area contributed by atoms with Crippen molar-refractivity contribution in [2.45, 2.75) is 12.3 Å². The minimum atomic E-state index is -2.81. The maximum Gasteiger partial charge on any atom is 0.341 e. The van der Waals surface area contributed by atoms with Crippen LogP contribution in [0.3, 0.4) is 0 Å². The molecule has 0 aromatic carbocycles. The van der Waals surface area contributed by atoms with Gasteiger partial charge in [-0.25, -0.2) is 18.6 Å². The number of alkyl halides is 3. The summed E-state index contributed by atoms with van der Waals surface area (Å²) in [5, 5.41) is 8.87. The van der Waals surface area contributed by atoms with Crippen LogP contribution >= 0.6 is 11.6 Å². The summed E-state index contributed by atoms with van der Waals surface area (Å²) >= 11 is 5.46. The number of hydrogen-bond donors (Lipinski definition) is 1. The quantitative estimate of drug-likeness (QED) is 0.835. The Kier molecular flexibility index (Phi) is 4.00. The van der Waals surface area contributed by atoms with Crippen LogP contribution in [0, 0.1) is 0 Å². The molecule has 1 aromatic heterocycles. The number of pyridine rings is 1. The highest BCUT2D eigenvalue weighted by molar-refractivity contribution is 6.17. The number of hydrogen-bond acceptors (Lipinski definition) is 3. The smallest absolute Gasteiger partial charge is 0.341 e. The second-order valence-corrected chi connectivity index (χ2v) is 3.08. The van der Waals surface area contributed by atoms with Crippen molar-refractivity contribution in [1.29, 1.82) is 0 Å². The Labute approximate surface area is 94.8 Å². The molecule has 1 N–H and O–H groups in total. The van der Waals surface area contributed by atoms with Gasteiger partial charge in [-0.15, -0.1) is 11.6 Å². The monoisotopic (exact) mass is 251 g/mol. The van der Waals surface area contributed by atoms with Crippen LogP contribution in [-0.4, -0.2) is 23.2 Å². The first-order valence-corrected chi connectivity index (χ1v) is 4.70. The first kappa shape index (κ1) is 12.6. The van der Waals surface area contributed by atoms with E-state index >= 15 is 0 Å². The molecule has 1 aromatic rings. The fourth-order valence-electron chi connectivity index (χ4n) is 1.19. The van der Waals surface area contributed by atoms with Crippen molar-refractivity contribution in [2.75, 3.05) is 7.11 Å². The third kappa shape index (κ3) is 2.38. The average molecular weight is 252 g/mol. The largest absolute Gasteiger partial charge is 0.496 e. The highest BCUT2D eigenvalue weighted by Crippen LogP contribution is 2.28. The van der Waals surface area contributed by atoms with Gasteiger partial charge >= 0.3 is 5.97 Å². The molecule has 88 valence electrons. The van der Waals surface area contributed by atoms with Crippen molar-refractivity contribution >= 4 is 17.6 Å². The Balaban J connectivity index is 3.43. The van der Waals surface area contributed by atoms with Gasteiger partial charge in [-0.1, -0.05) is 0 Å². The molecular formula is C9H8ClF2NO3. The topological polar surface area (TPSA) is 59.4 Å². The van der Waals surface area contributed by atoms with Crippen molar-refractivity contribution in [3.05, 3.63) is 23.0 Å². The van der Waals surface area contributed by atoms with E-state index in [2.05, 4.69) is 4.98 Å². The van der Waals surface area contributed by atoms with E-state index in [1.54, 1.807) is 0 Å². The molecule has 0 saturated carbocycles. The molecule has 1 rings (SSSR count). The second-order valence-electron chi connectivity index (χ2n) is 2.81. The molecule has 0 aliphatic carbocycles. The summed E-state index contributed by atoms with van der Waals surface area (Å²) in [5.74, 6) is -1.77. The Morgan fingerprint density at radius 3 is 2.69 bits per heavy atom. The number of aromatic carboxylic acids is 1. The van der Waals surface area contributed by atoms with Gasteiger partial charge in [-0.3, -0.25) is 0 Å². The molecule has 0 spiro atoms. The van der Waals surface area contributed by atoms with Crippen LogP contribution in [0.5, 0.6) is 5.75 Å². The van der Waals surface area contributed by atoms with Gasteiger partial charge in [0.25, 0.3) is 6.43 Å². The van der Waals surface area contributed by atoms with Gasteiger partial charge in [-0.2, -0.15) is 0 Å². The summed E-state index contributed by atoms with van der Waals surface area (Å²) in [6.07, 6.45) is -2.81. The van der Waals surface area contributed by atoms with Gasteiger partial charge in [0, 0.05) is 6.07 Å². The van der Waals surface area contributed by atoms with Gasteiger partial charge in [0.2, 0.25) is 0 Å². The Morgan fingerprint density at radius 2 is 2.31 bits per heavy atom. The first-order valence-electron chi connectivity index (χ1n) is 4.16. The van der Waals surface area contributed by atoms with Gasteiger partial charge < -0.3 is 9.84 Å². The number of rotatable bonds is 4. The molecule has 4 nitrogen and oxygen atoms in total. The molecule has 16 heavy (non-hydrogen) atoms. The zero-order valence-electron chi connectivity index (χ0n) is 8.21. The molecule has 0 aliphatic rings. The third-order valence-electron chi connectivity index (χ3n) is 1.86. The van der Waals surface area contributed by atoms with Gasteiger partial charge in [0.15, 0.2) is 0 Å². The number of carboxylic acid groups (broad SMARTS) is 1. The molecule has 0 aliphatic heterocycles. The van der Waals surface area contributed by atoms with Crippen LogP contribution in [0.2, 0.25) is 0 Å². The van der Waals surface area contributed by atoms with Crippen LogP contribution in [0.4, 0.5) is 8.78 Å². The summed E-state index contributed by atoms with van der Waals surface area (Å²) in [7, 11) is 1.19. The summed E-state index contributed by atoms with van der Waals surface area (Å²) in [5.41, 5.74) is -0.983. The van der Waals surface area contributed by atoms with Crippen LogP contribution in [-0.2, 0) is 5.88 Å². The van der Waals surface area contributed by atoms with E-state index in [0.29, 0.717) is 0 Å². The van der Waals surface area contributed by atoms with E-state index < -0.39 is 18.1 Å². The number of halogens is 3. The van der Waals surface area contributed by atoms with Crippen molar-refractivity contribution in [2.24, 2.45) is 0 Å². The summed E-state index contributed by atoms with van der Waals surface area (Å²) < 4.78 is 29.6. The molecule has 1 heterocycles. The maximum atomic E-state index is 12.4. The second kappa shape index (κ2) is 5.07. The van der Waals surface area contributed by atoms with Crippen molar-refractivity contribution < 1.29 is 23.4 Å². The van der Waals surface area contributed by atoms with Crippen molar-refractivity contribution in [1.82, 2.24) is 4.98 Å². The Morgan fingerprint density at radius 1 is 1.69 bits per heavy atom. The fourth-order valence-corrected chi connectivity index (χ4v) is 1.38. The van der Waals surface area contributed by atoms with Crippen LogP contribution in [0.1, 0.15) is 28.2 Å². The molecule has 0 bridgehead atoms. The van der Waals surface area contributed by atoms with E-state index in [0.717, 1.165) is 6.07 Å².